The molecule has 0 aliphatic heterocycles. The van der Waals surface area contributed by atoms with Crippen LogP contribution in [0.1, 0.15) is 21.8 Å². The second-order valence-corrected chi connectivity index (χ2v) is 4.81. The Kier molecular flexibility index (Phi) is 3.75. The molecule has 0 saturated carbocycles. The van der Waals surface area contributed by atoms with E-state index in [9.17, 15) is 4.79 Å². The van der Waals surface area contributed by atoms with Crippen LogP contribution in [0.2, 0.25) is 0 Å². The highest BCUT2D eigenvalue weighted by molar-refractivity contribution is 7.99. The maximum Gasteiger partial charge on any atom is 0.339 e. The van der Waals surface area contributed by atoms with E-state index in [1.54, 1.807) is 0 Å². The minimum absolute atomic E-state index is 0.254. The number of hydrogen-bond donors (Lipinski definition) is 1. The van der Waals surface area contributed by atoms with E-state index in [4.69, 9.17) is 14.9 Å². The summed E-state index contributed by atoms with van der Waals surface area (Å²) in [5, 5.41) is 0.451. The zero-order chi connectivity index (χ0) is 14.0. The summed E-state index contributed by atoms with van der Waals surface area (Å²) >= 11 is 1.20. The van der Waals surface area contributed by atoms with Crippen LogP contribution in [0.3, 0.4) is 0 Å². The molecule has 2 N–H and O–H groups in total. The van der Waals surface area contributed by atoms with Crippen LogP contribution in [0.4, 0.5) is 5.82 Å². The van der Waals surface area contributed by atoms with Crippen LogP contribution in [0.15, 0.2) is 26.8 Å². The van der Waals surface area contributed by atoms with Gasteiger partial charge in [0.2, 0.25) is 0 Å². The fourth-order valence-corrected chi connectivity index (χ4v) is 2.29. The molecule has 100 valence electrons. The maximum absolute atomic E-state index is 11.7. The first kappa shape index (κ1) is 13.4. The number of nitrogens with zero attached hydrogens (tertiary/aromatic N) is 2. The van der Waals surface area contributed by atoms with Gasteiger partial charge in [0.1, 0.15) is 11.6 Å². The molecule has 19 heavy (non-hydrogen) atoms. The summed E-state index contributed by atoms with van der Waals surface area (Å²) < 4.78 is 10.2. The average Bonchev–Trinajstić information content (AvgIpc) is 2.69. The lowest BCUT2D eigenvalue weighted by molar-refractivity contribution is 0.0596. The van der Waals surface area contributed by atoms with Crippen molar-refractivity contribution in [2.75, 3.05) is 12.8 Å². The quantitative estimate of drug-likeness (QED) is 0.861. The number of pyridine rings is 1. The van der Waals surface area contributed by atoms with E-state index in [0.29, 0.717) is 15.7 Å². The van der Waals surface area contributed by atoms with Gasteiger partial charge in [0, 0.05) is 11.1 Å². The molecular weight excluding hydrogens is 266 g/mol. The number of nitrogen functional groups attached to an aromatic ring is 1. The Morgan fingerprint density at radius 1 is 1.47 bits per heavy atom. The summed E-state index contributed by atoms with van der Waals surface area (Å²) in [6.45, 7) is 3.68. The highest BCUT2D eigenvalue weighted by Gasteiger charge is 2.17. The number of oxazole rings is 1. The SMILES string of the molecule is COC(=O)c1cc(N)ncc1Sc1nc(C)c(C)o1. The summed E-state index contributed by atoms with van der Waals surface area (Å²) in [4.78, 5) is 20.5. The van der Waals surface area contributed by atoms with Crippen LogP contribution in [0, 0.1) is 13.8 Å². The van der Waals surface area contributed by atoms with Gasteiger partial charge < -0.3 is 14.9 Å². The lowest BCUT2D eigenvalue weighted by atomic mass is 10.2. The van der Waals surface area contributed by atoms with Gasteiger partial charge in [-0.3, -0.25) is 0 Å². The summed E-state index contributed by atoms with van der Waals surface area (Å²) in [6.07, 6.45) is 1.50. The molecule has 7 heteroatoms. The number of aromatic nitrogens is 2. The minimum Gasteiger partial charge on any atom is -0.465 e. The third-order valence-corrected chi connectivity index (χ3v) is 3.39. The number of carbonyl (C=O) groups excluding carboxylic acids is 1. The van der Waals surface area contributed by atoms with Gasteiger partial charge in [-0.15, -0.1) is 0 Å². The zero-order valence-corrected chi connectivity index (χ0v) is 11.6. The molecule has 0 saturated heterocycles. The standard InChI is InChI=1S/C12H13N3O3S/c1-6-7(2)18-12(15-6)19-9-5-14-10(13)4-8(9)11(16)17-3/h4-5H,1-3H3,(H2,13,14). The van der Waals surface area contributed by atoms with E-state index in [1.165, 1.54) is 31.1 Å². The number of aryl methyl sites for hydroxylation is 2. The predicted octanol–water partition coefficient (Wildman–Crippen LogP) is 2.21. The van der Waals surface area contributed by atoms with Gasteiger partial charge in [-0.25, -0.2) is 14.8 Å². The topological polar surface area (TPSA) is 91.2 Å². The molecule has 0 atom stereocenters. The molecule has 0 fully saturated rings. The Labute approximate surface area is 114 Å². The van der Waals surface area contributed by atoms with E-state index in [-0.39, 0.29) is 5.82 Å². The van der Waals surface area contributed by atoms with Gasteiger partial charge in [0.15, 0.2) is 0 Å². The third kappa shape index (κ3) is 2.87. The van der Waals surface area contributed by atoms with Crippen molar-refractivity contribution in [3.05, 3.63) is 29.3 Å². The first-order valence-electron chi connectivity index (χ1n) is 5.47. The van der Waals surface area contributed by atoms with Crippen molar-refractivity contribution < 1.29 is 13.9 Å². The second kappa shape index (κ2) is 5.31. The molecule has 2 aromatic heterocycles. The first-order chi connectivity index (χ1) is 9.01. The van der Waals surface area contributed by atoms with Gasteiger partial charge in [0.05, 0.1) is 18.4 Å². The van der Waals surface area contributed by atoms with Crippen molar-refractivity contribution >= 4 is 23.5 Å². The Bertz CT molecular complexity index is 605. The molecule has 2 aromatic rings. The van der Waals surface area contributed by atoms with Crippen molar-refractivity contribution in [2.24, 2.45) is 0 Å². The van der Waals surface area contributed by atoms with Gasteiger partial charge in [-0.2, -0.15) is 0 Å². The van der Waals surface area contributed by atoms with Gasteiger partial charge in [-0.05, 0) is 31.7 Å². The van der Waals surface area contributed by atoms with Crippen molar-refractivity contribution in [2.45, 2.75) is 24.0 Å². The number of rotatable bonds is 3. The van der Waals surface area contributed by atoms with Crippen LogP contribution < -0.4 is 5.73 Å². The molecule has 0 aromatic carbocycles. The molecule has 2 heterocycles. The van der Waals surface area contributed by atoms with E-state index in [1.807, 2.05) is 13.8 Å². The van der Waals surface area contributed by atoms with Crippen LogP contribution >= 0.6 is 11.8 Å². The van der Waals surface area contributed by atoms with E-state index in [0.717, 1.165) is 11.5 Å². The summed E-state index contributed by atoms with van der Waals surface area (Å²) in [5.41, 5.74) is 6.73. The van der Waals surface area contributed by atoms with Gasteiger partial charge >= 0.3 is 5.97 Å². The molecule has 0 unspecified atom stereocenters. The van der Waals surface area contributed by atoms with E-state index < -0.39 is 5.97 Å². The molecule has 0 aliphatic carbocycles. The van der Waals surface area contributed by atoms with Crippen molar-refractivity contribution in [1.29, 1.82) is 0 Å². The second-order valence-electron chi connectivity index (χ2n) is 3.82. The monoisotopic (exact) mass is 279 g/mol. The number of nitrogens with two attached hydrogens (primary N) is 1. The van der Waals surface area contributed by atoms with Crippen LogP contribution in [-0.4, -0.2) is 23.0 Å². The van der Waals surface area contributed by atoms with E-state index >= 15 is 0 Å². The lowest BCUT2D eigenvalue weighted by Crippen LogP contribution is -2.05. The van der Waals surface area contributed by atoms with Crippen LogP contribution in [-0.2, 0) is 4.74 Å². The molecule has 0 radical (unpaired) electrons. The molecule has 6 nitrogen and oxygen atoms in total. The van der Waals surface area contributed by atoms with Crippen molar-refractivity contribution in [1.82, 2.24) is 9.97 Å². The molecule has 2 rings (SSSR count). The largest absolute Gasteiger partial charge is 0.465 e. The molecule has 0 spiro atoms. The number of ether oxygens (including phenoxy) is 1. The summed E-state index contributed by atoms with van der Waals surface area (Å²) in [5.74, 6) is 0.520. The van der Waals surface area contributed by atoms with Gasteiger partial charge in [-0.1, -0.05) is 0 Å². The Morgan fingerprint density at radius 3 is 2.79 bits per heavy atom. The third-order valence-electron chi connectivity index (χ3n) is 2.50. The summed E-state index contributed by atoms with van der Waals surface area (Å²) in [7, 11) is 1.31. The Morgan fingerprint density at radius 2 is 2.21 bits per heavy atom. The Balaban J connectivity index is 2.36. The van der Waals surface area contributed by atoms with Crippen molar-refractivity contribution in [3.63, 3.8) is 0 Å². The highest BCUT2D eigenvalue weighted by atomic mass is 32.2. The smallest absolute Gasteiger partial charge is 0.339 e. The summed E-state index contributed by atoms with van der Waals surface area (Å²) in [6, 6.07) is 1.47. The number of hydrogen-bond acceptors (Lipinski definition) is 7. The normalized spacial score (nSPS) is 10.5. The number of carbonyl (C=O) groups is 1. The van der Waals surface area contributed by atoms with Crippen molar-refractivity contribution in [3.8, 4) is 0 Å². The zero-order valence-electron chi connectivity index (χ0n) is 10.8. The van der Waals surface area contributed by atoms with Crippen LogP contribution in [0.25, 0.3) is 0 Å². The Hall–Kier alpha value is -2.02. The molecule has 0 amide bonds. The van der Waals surface area contributed by atoms with Crippen LogP contribution in [0.5, 0.6) is 0 Å². The average molecular weight is 279 g/mol. The molecule has 0 aliphatic rings. The predicted molar refractivity (Wildman–Crippen MR) is 70.1 cm³/mol. The first-order valence-corrected chi connectivity index (χ1v) is 6.28. The van der Waals surface area contributed by atoms with Gasteiger partial charge in [0.25, 0.3) is 5.22 Å². The fraction of sp³-hybridized carbons (Fsp3) is 0.250. The highest BCUT2D eigenvalue weighted by Crippen LogP contribution is 2.31. The molecule has 0 bridgehead atoms. The minimum atomic E-state index is -0.475. The fourth-order valence-electron chi connectivity index (χ4n) is 1.39. The number of esters is 1. The molecular formula is C12H13N3O3S. The maximum atomic E-state index is 11.7. The lowest BCUT2D eigenvalue weighted by Gasteiger charge is -2.05. The number of anilines is 1. The van der Waals surface area contributed by atoms with E-state index in [2.05, 4.69) is 9.97 Å². The number of methoxy groups -OCH3 is 1.